The predicted octanol–water partition coefficient (Wildman–Crippen LogP) is 0.342. The zero-order valence-electron chi connectivity index (χ0n) is 12.9. The van der Waals surface area contributed by atoms with Crippen molar-refractivity contribution in [2.24, 2.45) is 5.92 Å². The molecule has 1 aromatic heterocycles. The van der Waals surface area contributed by atoms with Gasteiger partial charge >= 0.3 is 0 Å². The van der Waals surface area contributed by atoms with Crippen molar-refractivity contribution in [1.29, 1.82) is 0 Å². The molecule has 1 aliphatic heterocycles. The number of nitrogens with one attached hydrogen (secondary N) is 2. The molecular weight excluding hydrogens is 304 g/mol. The molecule has 22 heavy (non-hydrogen) atoms. The van der Waals surface area contributed by atoms with Gasteiger partial charge in [0.1, 0.15) is 10.7 Å². The SMILES string of the molecule is CNS(=O)(=O)c1ccc(N2CCCC(CNC(C)=O)C2)nc1. The Morgan fingerprint density at radius 3 is 2.82 bits per heavy atom. The van der Waals surface area contributed by atoms with Crippen LogP contribution in [0.15, 0.2) is 23.2 Å². The van der Waals surface area contributed by atoms with Crippen LogP contribution < -0.4 is 14.9 Å². The van der Waals surface area contributed by atoms with E-state index in [-0.39, 0.29) is 10.8 Å². The molecule has 1 aromatic rings. The third-order valence-corrected chi connectivity index (χ3v) is 5.18. The smallest absolute Gasteiger partial charge is 0.241 e. The second-order valence-corrected chi connectivity index (χ2v) is 7.34. The zero-order valence-corrected chi connectivity index (χ0v) is 13.7. The molecule has 0 bridgehead atoms. The van der Waals surface area contributed by atoms with Crippen LogP contribution in [0.2, 0.25) is 0 Å². The number of carbonyl (C=O) groups excluding carboxylic acids is 1. The topological polar surface area (TPSA) is 91.4 Å². The second kappa shape index (κ2) is 7.06. The van der Waals surface area contributed by atoms with Crippen molar-refractivity contribution in [1.82, 2.24) is 15.0 Å². The lowest BCUT2D eigenvalue weighted by molar-refractivity contribution is -0.119. The Bertz CT molecular complexity index is 615. The van der Waals surface area contributed by atoms with E-state index in [1.54, 1.807) is 12.1 Å². The number of aromatic nitrogens is 1. The maximum atomic E-state index is 11.7. The minimum absolute atomic E-state index is 0.0168. The number of piperidine rings is 1. The summed E-state index contributed by atoms with van der Waals surface area (Å²) in [6.07, 6.45) is 3.48. The quantitative estimate of drug-likeness (QED) is 0.814. The Hall–Kier alpha value is -1.67. The van der Waals surface area contributed by atoms with Gasteiger partial charge in [-0.3, -0.25) is 4.79 Å². The molecule has 122 valence electrons. The maximum absolute atomic E-state index is 11.7. The molecule has 1 fully saturated rings. The van der Waals surface area contributed by atoms with Crippen LogP contribution in [0.25, 0.3) is 0 Å². The third kappa shape index (κ3) is 4.17. The predicted molar refractivity (Wildman–Crippen MR) is 84.1 cm³/mol. The number of hydrogen-bond donors (Lipinski definition) is 2. The molecule has 1 saturated heterocycles. The zero-order chi connectivity index (χ0) is 16.2. The number of anilines is 1. The van der Waals surface area contributed by atoms with E-state index in [1.165, 1.54) is 20.2 Å². The van der Waals surface area contributed by atoms with Crippen molar-refractivity contribution in [3.63, 3.8) is 0 Å². The molecule has 1 unspecified atom stereocenters. The van der Waals surface area contributed by atoms with Gasteiger partial charge in [-0.1, -0.05) is 0 Å². The van der Waals surface area contributed by atoms with Crippen LogP contribution >= 0.6 is 0 Å². The molecule has 0 spiro atoms. The fourth-order valence-corrected chi connectivity index (χ4v) is 3.24. The lowest BCUT2D eigenvalue weighted by Gasteiger charge is -2.33. The largest absolute Gasteiger partial charge is 0.356 e. The molecule has 0 aliphatic carbocycles. The van der Waals surface area contributed by atoms with Crippen molar-refractivity contribution in [2.45, 2.75) is 24.7 Å². The van der Waals surface area contributed by atoms with Gasteiger partial charge in [-0.05, 0) is 37.9 Å². The van der Waals surface area contributed by atoms with E-state index in [9.17, 15) is 13.2 Å². The minimum Gasteiger partial charge on any atom is -0.356 e. The van der Waals surface area contributed by atoms with Gasteiger partial charge in [-0.15, -0.1) is 0 Å². The van der Waals surface area contributed by atoms with Crippen molar-refractivity contribution in [3.05, 3.63) is 18.3 Å². The molecular formula is C14H22N4O3S. The highest BCUT2D eigenvalue weighted by Gasteiger charge is 2.21. The first kappa shape index (κ1) is 16.7. The number of amides is 1. The van der Waals surface area contributed by atoms with Crippen LogP contribution in [0, 0.1) is 5.92 Å². The van der Waals surface area contributed by atoms with E-state index in [0.717, 1.165) is 31.7 Å². The van der Waals surface area contributed by atoms with E-state index in [4.69, 9.17) is 0 Å². The number of carbonyl (C=O) groups is 1. The van der Waals surface area contributed by atoms with Gasteiger partial charge in [0, 0.05) is 32.8 Å². The average Bonchev–Trinajstić information content (AvgIpc) is 2.53. The standard InChI is InChI=1S/C14H22N4O3S/c1-11(19)16-8-12-4-3-7-18(10-12)14-6-5-13(9-17-14)22(20,21)15-2/h5-6,9,12,15H,3-4,7-8,10H2,1-2H3,(H,16,19). The molecule has 1 aliphatic rings. The van der Waals surface area contributed by atoms with Crippen LogP contribution in [0.4, 0.5) is 5.82 Å². The van der Waals surface area contributed by atoms with Gasteiger partial charge in [-0.25, -0.2) is 18.1 Å². The van der Waals surface area contributed by atoms with Crippen LogP contribution in [-0.2, 0) is 14.8 Å². The van der Waals surface area contributed by atoms with Crippen LogP contribution in [-0.4, -0.2) is 46.0 Å². The molecule has 7 nitrogen and oxygen atoms in total. The highest BCUT2D eigenvalue weighted by atomic mass is 32.2. The maximum Gasteiger partial charge on any atom is 0.241 e. The minimum atomic E-state index is -3.45. The Balaban J connectivity index is 2.03. The summed E-state index contributed by atoms with van der Waals surface area (Å²) in [6.45, 7) is 3.88. The van der Waals surface area contributed by atoms with E-state index in [2.05, 4.69) is 19.9 Å². The normalized spacial score (nSPS) is 19.0. The summed E-state index contributed by atoms with van der Waals surface area (Å²) < 4.78 is 25.6. The fraction of sp³-hybridized carbons (Fsp3) is 0.571. The Kier molecular flexibility index (Phi) is 5.36. The van der Waals surface area contributed by atoms with E-state index < -0.39 is 10.0 Å². The highest BCUT2D eigenvalue weighted by molar-refractivity contribution is 7.89. The molecule has 0 aromatic carbocycles. The molecule has 0 saturated carbocycles. The fourth-order valence-electron chi connectivity index (χ4n) is 2.56. The summed E-state index contributed by atoms with van der Waals surface area (Å²) in [6, 6.07) is 3.29. The van der Waals surface area contributed by atoms with Crippen LogP contribution in [0.5, 0.6) is 0 Å². The van der Waals surface area contributed by atoms with Gasteiger partial charge < -0.3 is 10.2 Å². The van der Waals surface area contributed by atoms with Gasteiger partial charge in [-0.2, -0.15) is 0 Å². The molecule has 2 N–H and O–H groups in total. The summed E-state index contributed by atoms with van der Waals surface area (Å²) in [7, 11) is -2.08. The number of nitrogens with zero attached hydrogens (tertiary/aromatic N) is 2. The number of sulfonamides is 1. The summed E-state index contributed by atoms with van der Waals surface area (Å²) >= 11 is 0. The molecule has 8 heteroatoms. The molecule has 1 amide bonds. The average molecular weight is 326 g/mol. The van der Waals surface area contributed by atoms with E-state index >= 15 is 0 Å². The lowest BCUT2D eigenvalue weighted by Crippen LogP contribution is -2.40. The van der Waals surface area contributed by atoms with Crippen molar-refractivity contribution >= 4 is 21.7 Å². The number of pyridine rings is 1. The Morgan fingerprint density at radius 1 is 1.45 bits per heavy atom. The molecule has 0 radical (unpaired) electrons. The monoisotopic (exact) mass is 326 g/mol. The van der Waals surface area contributed by atoms with Crippen LogP contribution in [0.3, 0.4) is 0 Å². The lowest BCUT2D eigenvalue weighted by atomic mass is 9.98. The van der Waals surface area contributed by atoms with Gasteiger partial charge in [0.05, 0.1) is 0 Å². The first-order valence-corrected chi connectivity index (χ1v) is 8.79. The van der Waals surface area contributed by atoms with Gasteiger partial charge in [0.15, 0.2) is 0 Å². The summed E-state index contributed by atoms with van der Waals surface area (Å²) in [5.41, 5.74) is 0. The van der Waals surface area contributed by atoms with Gasteiger partial charge in [0.2, 0.25) is 15.9 Å². The summed E-state index contributed by atoms with van der Waals surface area (Å²) in [4.78, 5) is 17.6. The molecule has 1 atom stereocenters. The first-order chi connectivity index (χ1) is 10.4. The van der Waals surface area contributed by atoms with Crippen molar-refractivity contribution in [2.75, 3.05) is 31.6 Å². The Morgan fingerprint density at radius 2 is 2.23 bits per heavy atom. The summed E-state index contributed by atoms with van der Waals surface area (Å²) in [5, 5.41) is 2.85. The second-order valence-electron chi connectivity index (χ2n) is 5.45. The molecule has 2 rings (SSSR count). The number of hydrogen-bond acceptors (Lipinski definition) is 5. The first-order valence-electron chi connectivity index (χ1n) is 7.31. The van der Waals surface area contributed by atoms with Gasteiger partial charge in [0.25, 0.3) is 0 Å². The third-order valence-electron chi connectivity index (χ3n) is 3.78. The van der Waals surface area contributed by atoms with Crippen LogP contribution in [0.1, 0.15) is 19.8 Å². The summed E-state index contributed by atoms with van der Waals surface area (Å²) in [5.74, 6) is 1.14. The van der Waals surface area contributed by atoms with E-state index in [0.29, 0.717) is 12.5 Å². The number of rotatable bonds is 5. The Labute approximate surface area is 131 Å². The highest BCUT2D eigenvalue weighted by Crippen LogP contribution is 2.22. The van der Waals surface area contributed by atoms with Crippen molar-refractivity contribution < 1.29 is 13.2 Å². The van der Waals surface area contributed by atoms with Crippen molar-refractivity contribution in [3.8, 4) is 0 Å². The molecule has 2 heterocycles. The van der Waals surface area contributed by atoms with E-state index in [1.807, 2.05) is 0 Å².